The van der Waals surface area contributed by atoms with Gasteiger partial charge in [-0.2, -0.15) is 4.31 Å². The number of carboxylic acids is 1. The summed E-state index contributed by atoms with van der Waals surface area (Å²) in [7, 11) is -3.92. The molecule has 0 aliphatic heterocycles. The zero-order chi connectivity index (χ0) is 22.6. The lowest BCUT2D eigenvalue weighted by Gasteiger charge is -2.31. The smallest absolute Gasteiger partial charge is 0.306 e. The number of hydrogen-bond acceptors (Lipinski definition) is 5. The molecule has 3 rings (SSSR count). The largest absolute Gasteiger partial charge is 0.481 e. The number of carboxylic acid groups (broad SMARTS) is 1. The van der Waals surface area contributed by atoms with Gasteiger partial charge in [0.15, 0.2) is 0 Å². The number of benzene rings is 2. The molecule has 1 aliphatic rings. The number of carbonyl (C=O) groups is 1. The van der Waals surface area contributed by atoms with Gasteiger partial charge in [-0.05, 0) is 61.4 Å². The molecule has 2 aromatic carbocycles. The van der Waals surface area contributed by atoms with Crippen LogP contribution in [0.5, 0.6) is 0 Å². The Hall–Kier alpha value is -2.49. The van der Waals surface area contributed by atoms with Gasteiger partial charge in [-0.15, -0.1) is 0 Å². The van der Waals surface area contributed by atoms with Crippen molar-refractivity contribution in [2.45, 2.75) is 37.1 Å². The predicted octanol–water partition coefficient (Wildman–Crippen LogP) is 4.33. The highest BCUT2D eigenvalue weighted by Crippen LogP contribution is 2.31. The molecule has 0 atom stereocenters. The van der Waals surface area contributed by atoms with E-state index in [1.165, 1.54) is 28.6 Å². The van der Waals surface area contributed by atoms with E-state index in [4.69, 9.17) is 11.6 Å². The molecular weight excluding hydrogens is 444 g/mol. The Labute approximate surface area is 185 Å². The number of sulfonamides is 1. The Morgan fingerprint density at radius 2 is 1.65 bits per heavy atom. The fourth-order valence-electron chi connectivity index (χ4n) is 3.81. The Bertz CT molecular complexity index is 1030. The van der Waals surface area contributed by atoms with Crippen molar-refractivity contribution in [2.75, 3.05) is 6.54 Å². The second-order valence-corrected chi connectivity index (χ2v) is 10.1. The molecule has 0 saturated heterocycles. The van der Waals surface area contributed by atoms with Crippen LogP contribution in [0.15, 0.2) is 53.4 Å². The summed E-state index contributed by atoms with van der Waals surface area (Å²) in [5.41, 5.74) is 0.573. The van der Waals surface area contributed by atoms with Crippen LogP contribution in [0.25, 0.3) is 0 Å². The number of nitrogens with zero attached hydrogens (tertiary/aromatic N) is 2. The maximum Gasteiger partial charge on any atom is 0.306 e. The third kappa shape index (κ3) is 5.81. The van der Waals surface area contributed by atoms with Gasteiger partial charge in [-0.3, -0.25) is 14.9 Å². The molecule has 0 aromatic heterocycles. The van der Waals surface area contributed by atoms with E-state index < -0.39 is 20.9 Å². The number of nitro benzene ring substituents is 1. The zero-order valence-electron chi connectivity index (χ0n) is 16.7. The van der Waals surface area contributed by atoms with Crippen LogP contribution in [0.1, 0.15) is 31.2 Å². The Kier molecular flexibility index (Phi) is 7.30. The van der Waals surface area contributed by atoms with Crippen molar-refractivity contribution >= 4 is 33.3 Å². The molecule has 1 fully saturated rings. The molecular formula is C21H23ClN2O6S. The third-order valence-corrected chi connectivity index (χ3v) is 7.69. The Balaban J connectivity index is 1.84. The SMILES string of the molecule is O=C(O)C1CCC(CN(Cc2ccc(Cl)cc2)S(=O)(=O)c2ccc([N+](=O)[O-])cc2)CC1. The van der Waals surface area contributed by atoms with Crippen LogP contribution in [0.2, 0.25) is 5.02 Å². The van der Waals surface area contributed by atoms with E-state index in [0.717, 1.165) is 5.56 Å². The van der Waals surface area contributed by atoms with Gasteiger partial charge in [0, 0.05) is 30.2 Å². The molecule has 0 unspecified atom stereocenters. The van der Waals surface area contributed by atoms with E-state index in [0.29, 0.717) is 30.7 Å². The molecule has 10 heteroatoms. The summed E-state index contributed by atoms with van der Waals surface area (Å²) in [4.78, 5) is 21.5. The number of aliphatic carboxylic acids is 1. The molecule has 0 radical (unpaired) electrons. The first-order valence-corrected chi connectivity index (χ1v) is 11.7. The van der Waals surface area contributed by atoms with Gasteiger partial charge in [0.25, 0.3) is 5.69 Å². The maximum atomic E-state index is 13.4. The number of halogens is 1. The Morgan fingerprint density at radius 1 is 1.06 bits per heavy atom. The molecule has 2 aromatic rings. The first-order valence-electron chi connectivity index (χ1n) is 9.88. The molecule has 0 bridgehead atoms. The average molecular weight is 467 g/mol. The number of non-ortho nitro benzene ring substituents is 1. The van der Waals surface area contributed by atoms with E-state index in [2.05, 4.69) is 0 Å². The highest BCUT2D eigenvalue weighted by atomic mass is 35.5. The summed E-state index contributed by atoms with van der Waals surface area (Å²) in [6, 6.07) is 11.7. The molecule has 31 heavy (non-hydrogen) atoms. The summed E-state index contributed by atoms with van der Waals surface area (Å²) in [6.45, 7) is 0.365. The van der Waals surface area contributed by atoms with Crippen LogP contribution in [0.3, 0.4) is 0 Å². The standard InChI is InChI=1S/C21H23ClN2O6S/c22-18-7-3-16(4-8-18)14-23(13-15-1-5-17(6-2-15)21(25)26)31(29,30)20-11-9-19(10-12-20)24(27)28/h3-4,7-12,15,17H,1-2,5-6,13-14H2,(H,25,26). The maximum absolute atomic E-state index is 13.4. The summed E-state index contributed by atoms with van der Waals surface area (Å²) in [6.07, 6.45) is 2.30. The van der Waals surface area contributed by atoms with E-state index in [-0.39, 0.29) is 35.5 Å². The average Bonchev–Trinajstić information content (AvgIpc) is 2.75. The minimum absolute atomic E-state index is 0.0220. The van der Waals surface area contributed by atoms with Crippen LogP contribution in [-0.2, 0) is 21.4 Å². The van der Waals surface area contributed by atoms with Crippen molar-refractivity contribution in [3.63, 3.8) is 0 Å². The van der Waals surface area contributed by atoms with E-state index in [1.54, 1.807) is 24.3 Å². The van der Waals surface area contributed by atoms with Gasteiger partial charge in [0.05, 0.1) is 15.7 Å². The minimum atomic E-state index is -3.92. The normalized spacial score (nSPS) is 19.3. The first-order chi connectivity index (χ1) is 14.7. The molecule has 1 saturated carbocycles. The monoisotopic (exact) mass is 466 g/mol. The van der Waals surface area contributed by atoms with Crippen molar-refractivity contribution in [3.8, 4) is 0 Å². The van der Waals surface area contributed by atoms with Gasteiger partial charge in [-0.25, -0.2) is 8.42 Å². The van der Waals surface area contributed by atoms with Gasteiger partial charge in [-0.1, -0.05) is 23.7 Å². The summed E-state index contributed by atoms with van der Waals surface area (Å²) in [5, 5.41) is 20.6. The van der Waals surface area contributed by atoms with Gasteiger partial charge in [0.2, 0.25) is 10.0 Å². The minimum Gasteiger partial charge on any atom is -0.481 e. The lowest BCUT2D eigenvalue weighted by Crippen LogP contribution is -2.36. The molecule has 0 heterocycles. The lowest BCUT2D eigenvalue weighted by molar-refractivity contribution is -0.384. The van der Waals surface area contributed by atoms with E-state index in [1.807, 2.05) is 0 Å². The van der Waals surface area contributed by atoms with Crippen molar-refractivity contribution in [1.29, 1.82) is 0 Å². The van der Waals surface area contributed by atoms with Crippen molar-refractivity contribution < 1.29 is 23.2 Å². The second-order valence-electron chi connectivity index (χ2n) is 7.73. The summed E-state index contributed by atoms with van der Waals surface area (Å²) < 4.78 is 28.1. The van der Waals surface area contributed by atoms with Crippen LogP contribution < -0.4 is 0 Å². The topological polar surface area (TPSA) is 118 Å². The van der Waals surface area contributed by atoms with Crippen molar-refractivity contribution in [1.82, 2.24) is 4.31 Å². The fraction of sp³-hybridized carbons (Fsp3) is 0.381. The molecule has 166 valence electrons. The second kappa shape index (κ2) is 9.76. The van der Waals surface area contributed by atoms with Crippen molar-refractivity contribution in [2.24, 2.45) is 11.8 Å². The van der Waals surface area contributed by atoms with Crippen LogP contribution >= 0.6 is 11.6 Å². The summed E-state index contributed by atoms with van der Waals surface area (Å²) in [5.74, 6) is -1.15. The van der Waals surface area contributed by atoms with Gasteiger partial charge >= 0.3 is 5.97 Å². The number of nitro groups is 1. The highest BCUT2D eigenvalue weighted by molar-refractivity contribution is 7.89. The number of hydrogen-bond donors (Lipinski definition) is 1. The first kappa shape index (κ1) is 23.2. The molecule has 1 N–H and O–H groups in total. The van der Waals surface area contributed by atoms with Gasteiger partial charge in [0.1, 0.15) is 0 Å². The predicted molar refractivity (Wildman–Crippen MR) is 115 cm³/mol. The fourth-order valence-corrected chi connectivity index (χ4v) is 5.44. The third-order valence-electron chi connectivity index (χ3n) is 5.62. The highest BCUT2D eigenvalue weighted by Gasteiger charge is 2.31. The number of rotatable bonds is 8. The summed E-state index contributed by atoms with van der Waals surface area (Å²) >= 11 is 5.93. The lowest BCUT2D eigenvalue weighted by atomic mass is 9.82. The van der Waals surface area contributed by atoms with Crippen LogP contribution in [-0.4, -0.2) is 35.3 Å². The molecule has 8 nitrogen and oxygen atoms in total. The van der Waals surface area contributed by atoms with Crippen LogP contribution in [0, 0.1) is 22.0 Å². The van der Waals surface area contributed by atoms with Gasteiger partial charge < -0.3 is 5.11 Å². The van der Waals surface area contributed by atoms with Crippen molar-refractivity contribution in [3.05, 3.63) is 69.2 Å². The molecule has 1 aliphatic carbocycles. The Morgan fingerprint density at radius 3 is 2.16 bits per heavy atom. The zero-order valence-corrected chi connectivity index (χ0v) is 18.3. The molecule has 0 amide bonds. The van der Waals surface area contributed by atoms with E-state index >= 15 is 0 Å². The molecule has 0 spiro atoms. The van der Waals surface area contributed by atoms with Crippen LogP contribution in [0.4, 0.5) is 5.69 Å². The van der Waals surface area contributed by atoms with E-state index in [9.17, 15) is 28.4 Å². The quantitative estimate of drug-likeness (QED) is 0.457.